The summed E-state index contributed by atoms with van der Waals surface area (Å²) >= 11 is 0. The predicted molar refractivity (Wildman–Crippen MR) is 43.4 cm³/mol. The monoisotopic (exact) mass is 167 g/mol. The Morgan fingerprint density at radius 2 is 2.42 bits per heavy atom. The van der Waals surface area contributed by atoms with Crippen LogP contribution in [0.3, 0.4) is 0 Å². The molecule has 1 heterocycles. The van der Waals surface area contributed by atoms with Crippen LogP contribution in [0.25, 0.3) is 0 Å². The molecule has 0 aromatic carbocycles. The standard InChI is InChI=1S/C7H9N3O2/c8-7(12)10-6-3-1-2-5(4-11)9-6/h1-3,11H,4H2,(H3,8,9,10,12). The number of carbonyl (C=O) groups is 1. The summed E-state index contributed by atoms with van der Waals surface area (Å²) in [6, 6.07) is 4.23. The van der Waals surface area contributed by atoms with Crippen molar-refractivity contribution in [3.63, 3.8) is 0 Å². The van der Waals surface area contributed by atoms with Crippen LogP contribution in [0, 0.1) is 0 Å². The number of aromatic nitrogens is 1. The molecule has 5 heteroatoms. The van der Waals surface area contributed by atoms with E-state index in [4.69, 9.17) is 10.8 Å². The third-order valence-electron chi connectivity index (χ3n) is 1.22. The quantitative estimate of drug-likeness (QED) is 0.582. The van der Waals surface area contributed by atoms with Crippen molar-refractivity contribution in [3.05, 3.63) is 23.9 Å². The molecule has 0 bridgehead atoms. The van der Waals surface area contributed by atoms with Crippen LogP contribution in [0.2, 0.25) is 0 Å². The van der Waals surface area contributed by atoms with Crippen LogP contribution in [0.15, 0.2) is 18.2 Å². The van der Waals surface area contributed by atoms with Crippen molar-refractivity contribution in [3.8, 4) is 0 Å². The summed E-state index contributed by atoms with van der Waals surface area (Å²) in [6.07, 6.45) is 0. The maximum Gasteiger partial charge on any atom is 0.317 e. The number of hydrogen-bond acceptors (Lipinski definition) is 3. The first-order valence-corrected chi connectivity index (χ1v) is 3.35. The van der Waals surface area contributed by atoms with E-state index in [1.165, 1.54) is 0 Å². The van der Waals surface area contributed by atoms with E-state index < -0.39 is 6.03 Å². The molecule has 0 spiro atoms. The third kappa shape index (κ3) is 2.21. The second kappa shape index (κ2) is 3.68. The highest BCUT2D eigenvalue weighted by molar-refractivity contribution is 5.86. The van der Waals surface area contributed by atoms with Crippen molar-refractivity contribution in [2.24, 2.45) is 5.73 Å². The van der Waals surface area contributed by atoms with Gasteiger partial charge in [-0.3, -0.25) is 5.32 Å². The molecule has 0 aliphatic heterocycles. The summed E-state index contributed by atoms with van der Waals surface area (Å²) in [5.41, 5.74) is 5.35. The van der Waals surface area contributed by atoms with E-state index in [1.807, 2.05) is 0 Å². The molecule has 1 rings (SSSR count). The van der Waals surface area contributed by atoms with Gasteiger partial charge in [0.15, 0.2) is 0 Å². The van der Waals surface area contributed by atoms with Gasteiger partial charge in [-0.25, -0.2) is 9.78 Å². The number of nitrogens with zero attached hydrogens (tertiary/aromatic N) is 1. The van der Waals surface area contributed by atoms with Gasteiger partial charge in [0.25, 0.3) is 0 Å². The SMILES string of the molecule is NC(=O)Nc1cccc(CO)n1. The zero-order valence-corrected chi connectivity index (χ0v) is 6.32. The number of primary amides is 1. The minimum absolute atomic E-state index is 0.158. The van der Waals surface area contributed by atoms with E-state index in [0.717, 1.165) is 0 Å². The van der Waals surface area contributed by atoms with Crippen LogP contribution in [0.4, 0.5) is 10.6 Å². The smallest absolute Gasteiger partial charge is 0.317 e. The average Bonchev–Trinajstić information content (AvgIpc) is 2.03. The number of amides is 2. The number of aliphatic hydroxyl groups excluding tert-OH is 1. The molecule has 0 fully saturated rings. The topological polar surface area (TPSA) is 88.2 Å². The number of aliphatic hydroxyl groups is 1. The van der Waals surface area contributed by atoms with Crippen molar-refractivity contribution in [1.82, 2.24) is 4.98 Å². The Bertz CT molecular complexity index is 288. The lowest BCUT2D eigenvalue weighted by atomic mass is 10.3. The molecular weight excluding hydrogens is 158 g/mol. The van der Waals surface area contributed by atoms with Crippen molar-refractivity contribution < 1.29 is 9.90 Å². The summed E-state index contributed by atoms with van der Waals surface area (Å²) in [7, 11) is 0. The van der Waals surface area contributed by atoms with Crippen LogP contribution in [-0.2, 0) is 6.61 Å². The normalized spacial score (nSPS) is 9.42. The van der Waals surface area contributed by atoms with Gasteiger partial charge in [-0.2, -0.15) is 0 Å². The first-order valence-electron chi connectivity index (χ1n) is 3.35. The molecule has 0 aliphatic rings. The lowest BCUT2D eigenvalue weighted by molar-refractivity contribution is 0.259. The van der Waals surface area contributed by atoms with Gasteiger partial charge >= 0.3 is 6.03 Å². The van der Waals surface area contributed by atoms with Crippen molar-refractivity contribution in [2.75, 3.05) is 5.32 Å². The number of hydrogen-bond donors (Lipinski definition) is 3. The highest BCUT2D eigenvalue weighted by atomic mass is 16.3. The van der Waals surface area contributed by atoms with E-state index in [1.54, 1.807) is 18.2 Å². The van der Waals surface area contributed by atoms with Gasteiger partial charge in [0.05, 0.1) is 12.3 Å². The Labute approximate surface area is 69.2 Å². The summed E-state index contributed by atoms with van der Waals surface area (Å²) in [5, 5.41) is 11.0. The lowest BCUT2D eigenvalue weighted by Gasteiger charge is -2.01. The molecule has 0 saturated carbocycles. The van der Waals surface area contributed by atoms with Crippen LogP contribution in [-0.4, -0.2) is 16.1 Å². The third-order valence-corrected chi connectivity index (χ3v) is 1.22. The number of anilines is 1. The molecule has 0 radical (unpaired) electrons. The van der Waals surface area contributed by atoms with Gasteiger partial charge in [0, 0.05) is 0 Å². The maximum atomic E-state index is 10.4. The van der Waals surface area contributed by atoms with Crippen LogP contribution in [0.5, 0.6) is 0 Å². The van der Waals surface area contributed by atoms with Crippen LogP contribution >= 0.6 is 0 Å². The molecule has 12 heavy (non-hydrogen) atoms. The van der Waals surface area contributed by atoms with Gasteiger partial charge in [-0.05, 0) is 12.1 Å². The number of urea groups is 1. The zero-order chi connectivity index (χ0) is 8.97. The number of carbonyl (C=O) groups excluding carboxylic acids is 1. The van der Waals surface area contributed by atoms with Gasteiger partial charge < -0.3 is 10.8 Å². The molecule has 2 amide bonds. The summed E-state index contributed by atoms with van der Waals surface area (Å²) in [6.45, 7) is -0.158. The van der Waals surface area contributed by atoms with E-state index >= 15 is 0 Å². The van der Waals surface area contributed by atoms with Crippen molar-refractivity contribution >= 4 is 11.8 Å². The molecule has 1 aromatic rings. The molecule has 5 nitrogen and oxygen atoms in total. The lowest BCUT2D eigenvalue weighted by Crippen LogP contribution is -2.20. The Morgan fingerprint density at radius 1 is 1.67 bits per heavy atom. The first-order chi connectivity index (χ1) is 5.72. The van der Waals surface area contributed by atoms with Gasteiger partial charge in [0.2, 0.25) is 0 Å². The minimum Gasteiger partial charge on any atom is -0.390 e. The van der Waals surface area contributed by atoms with Crippen molar-refractivity contribution in [1.29, 1.82) is 0 Å². The van der Waals surface area contributed by atoms with Gasteiger partial charge in [0.1, 0.15) is 5.82 Å². The fourth-order valence-corrected chi connectivity index (χ4v) is 0.763. The highest BCUT2D eigenvalue weighted by Gasteiger charge is 1.97. The second-order valence-electron chi connectivity index (χ2n) is 2.16. The molecule has 0 saturated heterocycles. The first kappa shape index (κ1) is 8.48. The molecule has 4 N–H and O–H groups in total. The Morgan fingerprint density at radius 3 is 3.00 bits per heavy atom. The molecular formula is C7H9N3O2. The Hall–Kier alpha value is -1.62. The summed E-state index contributed by atoms with van der Waals surface area (Å²) < 4.78 is 0. The van der Waals surface area contributed by atoms with Crippen LogP contribution < -0.4 is 11.1 Å². The van der Waals surface area contributed by atoms with Crippen LogP contribution in [0.1, 0.15) is 5.69 Å². The highest BCUT2D eigenvalue weighted by Crippen LogP contribution is 2.03. The van der Waals surface area contributed by atoms with E-state index in [-0.39, 0.29) is 6.61 Å². The number of pyridine rings is 1. The molecule has 0 unspecified atom stereocenters. The molecule has 0 atom stereocenters. The fraction of sp³-hybridized carbons (Fsp3) is 0.143. The number of nitrogens with one attached hydrogen (secondary N) is 1. The second-order valence-corrected chi connectivity index (χ2v) is 2.16. The fourth-order valence-electron chi connectivity index (χ4n) is 0.763. The molecule has 0 aliphatic carbocycles. The summed E-state index contributed by atoms with van der Waals surface area (Å²) in [5.74, 6) is 0.342. The van der Waals surface area contributed by atoms with E-state index in [0.29, 0.717) is 11.5 Å². The molecule has 64 valence electrons. The Kier molecular flexibility index (Phi) is 2.60. The largest absolute Gasteiger partial charge is 0.390 e. The number of rotatable bonds is 2. The van der Waals surface area contributed by atoms with E-state index in [2.05, 4.69) is 10.3 Å². The van der Waals surface area contributed by atoms with Gasteiger partial charge in [-0.1, -0.05) is 6.07 Å². The van der Waals surface area contributed by atoms with E-state index in [9.17, 15) is 4.79 Å². The zero-order valence-electron chi connectivity index (χ0n) is 6.32. The molecule has 1 aromatic heterocycles. The average molecular weight is 167 g/mol. The van der Waals surface area contributed by atoms with Gasteiger partial charge in [-0.15, -0.1) is 0 Å². The Balaban J connectivity index is 2.79. The maximum absolute atomic E-state index is 10.4. The predicted octanol–water partition coefficient (Wildman–Crippen LogP) is 0.0645. The number of nitrogens with two attached hydrogens (primary N) is 1. The van der Waals surface area contributed by atoms with Crippen molar-refractivity contribution in [2.45, 2.75) is 6.61 Å². The minimum atomic E-state index is -0.669. The summed E-state index contributed by atoms with van der Waals surface area (Å²) in [4.78, 5) is 14.2.